The van der Waals surface area contributed by atoms with Gasteiger partial charge in [-0.25, -0.2) is 0 Å². The molecule has 1 aromatic rings. The number of halogens is 1. The van der Waals surface area contributed by atoms with Crippen molar-refractivity contribution in [2.75, 3.05) is 25.2 Å². The highest BCUT2D eigenvalue weighted by atomic mass is 35.5. The van der Waals surface area contributed by atoms with Gasteiger partial charge in [0.05, 0.1) is 17.2 Å². The molecule has 0 spiro atoms. The smallest absolute Gasteiger partial charge is 0.101 e. The van der Waals surface area contributed by atoms with E-state index in [-0.39, 0.29) is 0 Å². The zero-order valence-corrected chi connectivity index (χ0v) is 12.6. The van der Waals surface area contributed by atoms with Crippen molar-refractivity contribution in [2.24, 2.45) is 0 Å². The van der Waals surface area contributed by atoms with Gasteiger partial charge in [-0.2, -0.15) is 5.26 Å². The summed E-state index contributed by atoms with van der Waals surface area (Å²) in [5.41, 5.74) is 1.57. The van der Waals surface area contributed by atoms with Crippen LogP contribution in [-0.4, -0.2) is 26.3 Å². The van der Waals surface area contributed by atoms with Gasteiger partial charge in [-0.1, -0.05) is 25.4 Å². The molecule has 104 valence electrons. The van der Waals surface area contributed by atoms with Gasteiger partial charge in [0, 0.05) is 25.4 Å². The van der Waals surface area contributed by atoms with Crippen LogP contribution in [0.25, 0.3) is 0 Å². The minimum atomic E-state index is 0.458. The number of hydrogen-bond acceptors (Lipinski definition) is 3. The maximum absolute atomic E-state index is 8.92. The van der Waals surface area contributed by atoms with Crippen molar-refractivity contribution < 1.29 is 4.74 Å². The lowest BCUT2D eigenvalue weighted by Gasteiger charge is -2.32. The largest absolute Gasteiger partial charge is 0.383 e. The molecule has 0 unspecified atom stereocenters. The van der Waals surface area contributed by atoms with Crippen molar-refractivity contribution in [3.63, 3.8) is 0 Å². The van der Waals surface area contributed by atoms with Crippen LogP contribution in [0.1, 0.15) is 32.3 Å². The number of anilines is 1. The van der Waals surface area contributed by atoms with E-state index in [9.17, 15) is 0 Å². The molecule has 0 N–H and O–H groups in total. The third kappa shape index (κ3) is 4.12. The van der Waals surface area contributed by atoms with Crippen molar-refractivity contribution in [3.05, 3.63) is 28.8 Å². The monoisotopic (exact) mass is 280 g/mol. The topological polar surface area (TPSA) is 36.3 Å². The molecule has 0 saturated carbocycles. The van der Waals surface area contributed by atoms with Gasteiger partial charge < -0.3 is 9.64 Å². The van der Waals surface area contributed by atoms with E-state index in [2.05, 4.69) is 24.8 Å². The van der Waals surface area contributed by atoms with E-state index in [4.69, 9.17) is 21.6 Å². The number of nitriles is 1. The van der Waals surface area contributed by atoms with Gasteiger partial charge in [-0.05, 0) is 31.0 Å². The molecule has 0 aromatic heterocycles. The van der Waals surface area contributed by atoms with E-state index in [0.717, 1.165) is 25.1 Å². The second-order valence-electron chi connectivity index (χ2n) is 4.43. The quantitative estimate of drug-likeness (QED) is 0.761. The Hall–Kier alpha value is -1.24. The Bertz CT molecular complexity index is 438. The van der Waals surface area contributed by atoms with Gasteiger partial charge >= 0.3 is 0 Å². The highest BCUT2D eigenvalue weighted by molar-refractivity contribution is 6.32. The van der Waals surface area contributed by atoms with Crippen LogP contribution in [0.3, 0.4) is 0 Å². The highest BCUT2D eigenvalue weighted by Crippen LogP contribution is 2.26. The van der Waals surface area contributed by atoms with Gasteiger partial charge in [0.25, 0.3) is 0 Å². The Morgan fingerprint density at radius 3 is 2.53 bits per heavy atom. The van der Waals surface area contributed by atoms with Crippen LogP contribution in [0.5, 0.6) is 0 Å². The molecule has 0 radical (unpaired) electrons. The summed E-state index contributed by atoms with van der Waals surface area (Å²) in [6.45, 7) is 5.86. The maximum atomic E-state index is 8.92. The average molecular weight is 281 g/mol. The minimum absolute atomic E-state index is 0.458. The molecule has 0 atom stereocenters. The van der Waals surface area contributed by atoms with Gasteiger partial charge in [-0.15, -0.1) is 0 Å². The third-order valence-electron chi connectivity index (χ3n) is 3.32. The van der Waals surface area contributed by atoms with Crippen LogP contribution in [-0.2, 0) is 4.74 Å². The van der Waals surface area contributed by atoms with E-state index in [1.807, 2.05) is 12.1 Å². The Kier molecular flexibility index (Phi) is 6.69. The van der Waals surface area contributed by atoms with Gasteiger partial charge in [0.1, 0.15) is 6.07 Å². The first-order valence-electron chi connectivity index (χ1n) is 6.63. The van der Waals surface area contributed by atoms with Crippen molar-refractivity contribution in [1.29, 1.82) is 5.26 Å². The van der Waals surface area contributed by atoms with Crippen LogP contribution >= 0.6 is 11.6 Å². The first-order valence-corrected chi connectivity index (χ1v) is 7.00. The van der Waals surface area contributed by atoms with Crippen LogP contribution < -0.4 is 4.90 Å². The van der Waals surface area contributed by atoms with E-state index in [1.165, 1.54) is 0 Å². The fourth-order valence-electron chi connectivity index (χ4n) is 2.21. The summed E-state index contributed by atoms with van der Waals surface area (Å²) in [7, 11) is 1.71. The molecule has 0 amide bonds. The molecular weight excluding hydrogens is 260 g/mol. The maximum Gasteiger partial charge on any atom is 0.101 e. The number of rotatable bonds is 7. The Morgan fingerprint density at radius 1 is 1.37 bits per heavy atom. The average Bonchev–Trinajstić information content (AvgIpc) is 2.43. The van der Waals surface area contributed by atoms with Gasteiger partial charge in [0.15, 0.2) is 0 Å². The number of methoxy groups -OCH3 is 1. The van der Waals surface area contributed by atoms with E-state index in [0.29, 0.717) is 23.2 Å². The number of ether oxygens (including phenoxy) is 1. The van der Waals surface area contributed by atoms with Crippen molar-refractivity contribution in [2.45, 2.75) is 32.7 Å². The molecule has 0 bridgehead atoms. The highest BCUT2D eigenvalue weighted by Gasteiger charge is 2.16. The molecule has 0 fully saturated rings. The molecule has 0 saturated heterocycles. The van der Waals surface area contributed by atoms with Crippen LogP contribution in [0.15, 0.2) is 18.2 Å². The predicted octanol–water partition coefficient (Wildman–Crippen LogP) is 3.85. The number of benzene rings is 1. The lowest BCUT2D eigenvalue weighted by molar-refractivity contribution is 0.202. The lowest BCUT2D eigenvalue weighted by Crippen LogP contribution is -2.37. The Balaban J connectivity index is 3.03. The summed E-state index contributed by atoms with van der Waals surface area (Å²) in [5.74, 6) is 0. The normalized spacial score (nSPS) is 10.5. The second kappa shape index (κ2) is 8.04. The first kappa shape index (κ1) is 15.8. The fourth-order valence-corrected chi connectivity index (χ4v) is 2.43. The molecule has 0 aliphatic heterocycles. The fraction of sp³-hybridized carbons (Fsp3) is 0.533. The van der Waals surface area contributed by atoms with E-state index < -0.39 is 0 Å². The second-order valence-corrected chi connectivity index (χ2v) is 4.84. The first-order chi connectivity index (χ1) is 9.17. The molecule has 0 aliphatic carbocycles. The van der Waals surface area contributed by atoms with Crippen molar-refractivity contribution in [3.8, 4) is 6.07 Å². The summed E-state index contributed by atoms with van der Waals surface area (Å²) in [6, 6.07) is 8.15. The van der Waals surface area contributed by atoms with Gasteiger partial charge in [-0.3, -0.25) is 0 Å². The Labute approximate surface area is 120 Å². The molecule has 4 heteroatoms. The van der Waals surface area contributed by atoms with Crippen LogP contribution in [0, 0.1) is 11.3 Å². The van der Waals surface area contributed by atoms with E-state index in [1.54, 1.807) is 13.2 Å². The predicted molar refractivity (Wildman–Crippen MR) is 79.8 cm³/mol. The molecule has 1 aromatic carbocycles. The van der Waals surface area contributed by atoms with Crippen LogP contribution in [0.2, 0.25) is 5.02 Å². The summed E-state index contributed by atoms with van der Waals surface area (Å²) >= 11 is 6.12. The molecule has 0 aliphatic rings. The molecule has 19 heavy (non-hydrogen) atoms. The van der Waals surface area contributed by atoms with Gasteiger partial charge in [0.2, 0.25) is 0 Å². The van der Waals surface area contributed by atoms with E-state index >= 15 is 0 Å². The summed E-state index contributed by atoms with van der Waals surface area (Å²) in [6.07, 6.45) is 2.13. The minimum Gasteiger partial charge on any atom is -0.383 e. The third-order valence-corrected chi connectivity index (χ3v) is 3.64. The SMILES string of the molecule is CCC(CC)N(CCOC)c1ccc(C#N)c(Cl)c1. The summed E-state index contributed by atoms with van der Waals surface area (Å²) in [5, 5.41) is 9.43. The number of nitrogens with zero attached hydrogens (tertiary/aromatic N) is 2. The zero-order chi connectivity index (χ0) is 14.3. The zero-order valence-electron chi connectivity index (χ0n) is 11.8. The van der Waals surface area contributed by atoms with Crippen molar-refractivity contribution >= 4 is 17.3 Å². The standard InChI is InChI=1S/C15H21ClN2O/c1-4-13(5-2)18(8-9-19-3)14-7-6-12(11-17)15(16)10-14/h6-7,10,13H,4-5,8-9H2,1-3H3. The molecule has 0 heterocycles. The molecule has 1 rings (SSSR count). The summed E-state index contributed by atoms with van der Waals surface area (Å²) < 4.78 is 5.18. The summed E-state index contributed by atoms with van der Waals surface area (Å²) in [4.78, 5) is 2.30. The number of hydrogen-bond donors (Lipinski definition) is 0. The van der Waals surface area contributed by atoms with Crippen molar-refractivity contribution in [1.82, 2.24) is 0 Å². The Morgan fingerprint density at radius 2 is 2.05 bits per heavy atom. The van der Waals surface area contributed by atoms with Crippen LogP contribution in [0.4, 0.5) is 5.69 Å². The molecular formula is C15H21ClN2O. The lowest BCUT2D eigenvalue weighted by atomic mass is 10.1. The molecule has 3 nitrogen and oxygen atoms in total.